The number of aromatic nitrogens is 1. The van der Waals surface area contributed by atoms with Crippen LogP contribution in [0.4, 0.5) is 5.69 Å². The molecule has 0 spiro atoms. The third-order valence-electron chi connectivity index (χ3n) is 4.65. The Balaban J connectivity index is 1.66. The number of amides is 1. The van der Waals surface area contributed by atoms with Crippen molar-refractivity contribution in [1.82, 2.24) is 4.57 Å². The second-order valence-electron chi connectivity index (χ2n) is 6.45. The Kier molecular flexibility index (Phi) is 4.97. The fourth-order valence-electron chi connectivity index (χ4n) is 3.22. The molecule has 5 heteroatoms. The van der Waals surface area contributed by atoms with E-state index in [0.717, 1.165) is 17.3 Å². The molecule has 0 aliphatic carbocycles. The summed E-state index contributed by atoms with van der Waals surface area (Å²) in [6.07, 6.45) is 0.770. The molecule has 0 unspecified atom stereocenters. The second-order valence-corrected chi connectivity index (χ2v) is 6.45. The van der Waals surface area contributed by atoms with E-state index in [1.807, 2.05) is 53.1 Å². The smallest absolute Gasteiger partial charge is 0.295 e. The summed E-state index contributed by atoms with van der Waals surface area (Å²) in [6.45, 7) is 0.596. The molecule has 0 saturated carbocycles. The first kappa shape index (κ1) is 17.7. The molecule has 1 N–H and O–H groups in total. The molecule has 138 valence electrons. The molecule has 0 radical (unpaired) electrons. The van der Waals surface area contributed by atoms with Crippen LogP contribution < -0.4 is 0 Å². The molecule has 0 atom stereocenters. The molecule has 1 aromatic heterocycles. The van der Waals surface area contributed by atoms with Gasteiger partial charge in [-0.2, -0.15) is 0 Å². The quantitative estimate of drug-likeness (QED) is 0.471. The maximum atomic E-state index is 12.2. The summed E-state index contributed by atoms with van der Waals surface area (Å²) in [7, 11) is 0. The fourth-order valence-corrected chi connectivity index (χ4v) is 3.22. The molecule has 4 aromatic rings. The van der Waals surface area contributed by atoms with E-state index in [1.54, 1.807) is 24.3 Å². The summed E-state index contributed by atoms with van der Waals surface area (Å²) in [5.41, 5.74) is 2.81. The topological polar surface area (TPSA) is 66.9 Å². The predicted molar refractivity (Wildman–Crippen MR) is 109 cm³/mol. The van der Waals surface area contributed by atoms with Crippen molar-refractivity contribution in [1.29, 1.82) is 0 Å². The third-order valence-corrected chi connectivity index (χ3v) is 4.65. The zero-order valence-electron chi connectivity index (χ0n) is 15.2. The van der Waals surface area contributed by atoms with Gasteiger partial charge in [-0.25, -0.2) is 0 Å². The van der Waals surface area contributed by atoms with Crippen LogP contribution in [0.25, 0.3) is 10.9 Å². The lowest BCUT2D eigenvalue weighted by molar-refractivity contribution is 0.0995. The van der Waals surface area contributed by atoms with Crippen LogP contribution in [0.15, 0.2) is 95.2 Å². The number of fused-ring (bicyclic) bond motifs is 1. The Morgan fingerprint density at radius 1 is 0.857 bits per heavy atom. The lowest BCUT2D eigenvalue weighted by Crippen LogP contribution is -2.00. The van der Waals surface area contributed by atoms with Gasteiger partial charge in [0, 0.05) is 17.5 Å². The number of hydrogen-bond donors (Lipinski definition) is 1. The van der Waals surface area contributed by atoms with E-state index in [2.05, 4.69) is 22.4 Å². The number of azo groups is 1. The van der Waals surface area contributed by atoms with E-state index >= 15 is 0 Å². The van der Waals surface area contributed by atoms with Crippen LogP contribution in [0.5, 0.6) is 5.88 Å². The summed E-state index contributed by atoms with van der Waals surface area (Å²) in [6, 6.07) is 26.4. The minimum absolute atomic E-state index is 0.0155. The molecule has 4 rings (SSSR count). The van der Waals surface area contributed by atoms with Crippen molar-refractivity contribution in [2.75, 3.05) is 0 Å². The number of aromatic hydroxyl groups is 1. The zero-order valence-corrected chi connectivity index (χ0v) is 15.2. The molecule has 0 fully saturated rings. The minimum atomic E-state index is -0.443. The molecule has 0 aliphatic rings. The number of para-hydroxylation sites is 1. The number of benzene rings is 3. The number of aryl methyl sites for hydroxylation is 2. The number of carbonyl (C=O) groups is 1. The highest BCUT2D eigenvalue weighted by Gasteiger charge is 2.16. The molecule has 28 heavy (non-hydrogen) atoms. The van der Waals surface area contributed by atoms with Crippen molar-refractivity contribution in [3.8, 4) is 5.88 Å². The van der Waals surface area contributed by atoms with Gasteiger partial charge in [0.2, 0.25) is 5.88 Å². The van der Waals surface area contributed by atoms with Crippen molar-refractivity contribution in [2.45, 2.75) is 13.0 Å². The standard InChI is InChI=1S/C23H19N3O2/c27-22(18-11-5-2-6-12-18)25-24-21-19-13-7-8-14-20(19)26(23(21)28)16-15-17-9-3-1-4-10-17/h1-14,28H,15-16H2. The van der Waals surface area contributed by atoms with E-state index < -0.39 is 5.91 Å². The third kappa shape index (κ3) is 3.55. The van der Waals surface area contributed by atoms with Crippen LogP contribution >= 0.6 is 0 Å². The summed E-state index contributed by atoms with van der Waals surface area (Å²) in [5.74, 6) is -0.428. The normalized spacial score (nSPS) is 11.3. The fraction of sp³-hybridized carbons (Fsp3) is 0.0870. The van der Waals surface area contributed by atoms with Crippen molar-refractivity contribution < 1.29 is 9.90 Å². The SMILES string of the molecule is O=C(N=Nc1c(O)n(CCc2ccccc2)c2ccccc12)c1ccccc1. The van der Waals surface area contributed by atoms with Gasteiger partial charge in [0.15, 0.2) is 5.69 Å². The highest BCUT2D eigenvalue weighted by Crippen LogP contribution is 2.39. The molecule has 1 amide bonds. The van der Waals surface area contributed by atoms with Crippen molar-refractivity contribution in [2.24, 2.45) is 10.2 Å². The van der Waals surface area contributed by atoms with Crippen molar-refractivity contribution >= 4 is 22.5 Å². The molecule has 1 heterocycles. The van der Waals surface area contributed by atoms with Gasteiger partial charge in [0.25, 0.3) is 5.91 Å². The first-order chi connectivity index (χ1) is 13.7. The van der Waals surface area contributed by atoms with Gasteiger partial charge in [0.1, 0.15) is 0 Å². The maximum absolute atomic E-state index is 12.2. The summed E-state index contributed by atoms with van der Waals surface area (Å²) in [4.78, 5) is 12.2. The van der Waals surface area contributed by atoms with Crippen LogP contribution in [-0.2, 0) is 13.0 Å². The largest absolute Gasteiger partial charge is 0.493 e. The van der Waals surface area contributed by atoms with Crippen molar-refractivity contribution in [3.05, 3.63) is 96.1 Å². The van der Waals surface area contributed by atoms with Gasteiger partial charge in [0.05, 0.1) is 5.52 Å². The van der Waals surface area contributed by atoms with Gasteiger partial charge >= 0.3 is 0 Å². The summed E-state index contributed by atoms with van der Waals surface area (Å²) in [5, 5.41) is 19.4. The van der Waals surface area contributed by atoms with E-state index in [0.29, 0.717) is 17.8 Å². The zero-order chi connectivity index (χ0) is 19.3. The Morgan fingerprint density at radius 2 is 1.50 bits per heavy atom. The average molecular weight is 369 g/mol. The number of hydrogen-bond acceptors (Lipinski definition) is 3. The van der Waals surface area contributed by atoms with Crippen LogP contribution in [0.2, 0.25) is 0 Å². The Bertz CT molecular complexity index is 1130. The lowest BCUT2D eigenvalue weighted by atomic mass is 10.1. The minimum Gasteiger partial charge on any atom is -0.493 e. The molecule has 0 aliphatic heterocycles. The van der Waals surface area contributed by atoms with Crippen LogP contribution in [0.3, 0.4) is 0 Å². The van der Waals surface area contributed by atoms with E-state index in [-0.39, 0.29) is 5.88 Å². The van der Waals surface area contributed by atoms with E-state index in [9.17, 15) is 9.90 Å². The Hall–Kier alpha value is -3.73. The molecular weight excluding hydrogens is 350 g/mol. The van der Waals surface area contributed by atoms with Gasteiger partial charge in [-0.1, -0.05) is 66.7 Å². The van der Waals surface area contributed by atoms with Crippen LogP contribution in [-0.4, -0.2) is 15.6 Å². The Labute approximate surface area is 162 Å². The second kappa shape index (κ2) is 7.88. The highest BCUT2D eigenvalue weighted by molar-refractivity contribution is 5.97. The van der Waals surface area contributed by atoms with Gasteiger partial charge < -0.3 is 9.67 Å². The van der Waals surface area contributed by atoms with E-state index in [4.69, 9.17) is 0 Å². The van der Waals surface area contributed by atoms with Crippen LogP contribution in [0.1, 0.15) is 15.9 Å². The summed E-state index contributed by atoms with van der Waals surface area (Å²) >= 11 is 0. The number of nitrogens with zero attached hydrogens (tertiary/aromatic N) is 3. The lowest BCUT2D eigenvalue weighted by Gasteiger charge is -2.07. The maximum Gasteiger partial charge on any atom is 0.295 e. The first-order valence-corrected chi connectivity index (χ1v) is 9.09. The number of carbonyl (C=O) groups excluding carboxylic acids is 1. The molecule has 0 saturated heterocycles. The Morgan fingerprint density at radius 3 is 2.25 bits per heavy atom. The monoisotopic (exact) mass is 369 g/mol. The highest BCUT2D eigenvalue weighted by atomic mass is 16.3. The molecule has 0 bridgehead atoms. The van der Waals surface area contributed by atoms with Crippen LogP contribution in [0, 0.1) is 0 Å². The van der Waals surface area contributed by atoms with Gasteiger partial charge in [-0.3, -0.25) is 4.79 Å². The van der Waals surface area contributed by atoms with E-state index in [1.165, 1.54) is 5.56 Å². The summed E-state index contributed by atoms with van der Waals surface area (Å²) < 4.78 is 1.81. The molecule has 3 aromatic carbocycles. The van der Waals surface area contributed by atoms with Gasteiger partial charge in [-0.05, 0) is 30.2 Å². The average Bonchev–Trinajstić information content (AvgIpc) is 3.02. The number of rotatable bonds is 5. The predicted octanol–water partition coefficient (Wildman–Crippen LogP) is 5.51. The molecular formula is C23H19N3O2. The van der Waals surface area contributed by atoms with Gasteiger partial charge in [-0.15, -0.1) is 10.2 Å². The first-order valence-electron chi connectivity index (χ1n) is 9.09. The molecule has 5 nitrogen and oxygen atoms in total. The van der Waals surface area contributed by atoms with Crippen molar-refractivity contribution in [3.63, 3.8) is 0 Å².